The van der Waals surface area contributed by atoms with E-state index in [4.69, 9.17) is 4.74 Å². The first-order valence-electron chi connectivity index (χ1n) is 6.36. The van der Waals surface area contributed by atoms with Crippen molar-refractivity contribution in [3.8, 4) is 0 Å². The van der Waals surface area contributed by atoms with Gasteiger partial charge in [0.05, 0.1) is 6.54 Å². The second-order valence-corrected chi connectivity index (χ2v) is 7.26. The van der Waals surface area contributed by atoms with Crippen LogP contribution in [-0.2, 0) is 19.6 Å². The number of carbonyl (C=O) groups is 2. The average molecular weight is 313 g/mol. The first-order chi connectivity index (χ1) is 9.59. The molecule has 0 aromatic heterocycles. The summed E-state index contributed by atoms with van der Waals surface area (Å²) in [4.78, 5) is 23.2. The molecular weight excluding hydrogens is 294 g/mol. The van der Waals surface area contributed by atoms with Gasteiger partial charge >= 0.3 is 5.97 Å². The molecule has 0 aliphatic carbocycles. The lowest BCUT2D eigenvalue weighted by molar-refractivity contribution is -0.151. The summed E-state index contributed by atoms with van der Waals surface area (Å²) >= 11 is 0. The highest BCUT2D eigenvalue weighted by Gasteiger charge is 2.23. The third kappa shape index (κ3) is 7.01. The molecule has 6 nitrogen and oxygen atoms in total. The van der Waals surface area contributed by atoms with Crippen LogP contribution in [0.3, 0.4) is 0 Å². The summed E-state index contributed by atoms with van der Waals surface area (Å²) in [5.74, 6) is -2.04. The quantitative estimate of drug-likeness (QED) is 0.628. The Labute approximate surface area is 124 Å². The topological polar surface area (TPSA) is 89.5 Å². The van der Waals surface area contributed by atoms with Crippen LogP contribution in [0.5, 0.6) is 0 Å². The molecule has 1 aromatic carbocycles. The molecule has 0 unspecified atom stereocenters. The molecule has 1 aromatic rings. The van der Waals surface area contributed by atoms with Gasteiger partial charge in [-0.05, 0) is 20.8 Å². The highest BCUT2D eigenvalue weighted by Crippen LogP contribution is 2.07. The van der Waals surface area contributed by atoms with Crippen LogP contribution in [0, 0.1) is 0 Å². The summed E-state index contributed by atoms with van der Waals surface area (Å²) in [6, 6.07) is 8.29. The molecule has 0 aliphatic heterocycles. The van der Waals surface area contributed by atoms with E-state index in [-0.39, 0.29) is 5.78 Å². The molecule has 1 N–H and O–H groups in total. The number of ether oxygens (including phenoxy) is 1. The Morgan fingerprint density at radius 3 is 2.24 bits per heavy atom. The number of esters is 1. The molecule has 0 saturated carbocycles. The first kappa shape index (κ1) is 17.3. The second kappa shape index (κ2) is 6.82. The Morgan fingerprint density at radius 2 is 1.71 bits per heavy atom. The van der Waals surface area contributed by atoms with Crippen LogP contribution in [0.4, 0.5) is 0 Å². The van der Waals surface area contributed by atoms with Crippen LogP contribution in [0.1, 0.15) is 31.1 Å². The zero-order chi connectivity index (χ0) is 16.1. The van der Waals surface area contributed by atoms with Gasteiger partial charge in [-0.3, -0.25) is 9.59 Å². The molecule has 0 radical (unpaired) electrons. The molecule has 0 saturated heterocycles. The van der Waals surface area contributed by atoms with Crippen molar-refractivity contribution >= 4 is 21.8 Å². The summed E-state index contributed by atoms with van der Waals surface area (Å²) in [6.07, 6.45) is 0. The van der Waals surface area contributed by atoms with Gasteiger partial charge in [-0.1, -0.05) is 30.3 Å². The van der Waals surface area contributed by atoms with E-state index in [1.165, 1.54) is 0 Å². The maximum absolute atomic E-state index is 11.8. The number of Topliss-reactive ketones (excluding diaryl/α,β-unsaturated/α-hetero) is 1. The minimum atomic E-state index is -3.90. The monoisotopic (exact) mass is 313 g/mol. The molecule has 1 rings (SSSR count). The molecule has 0 atom stereocenters. The van der Waals surface area contributed by atoms with Crippen molar-refractivity contribution in [2.45, 2.75) is 26.4 Å². The van der Waals surface area contributed by atoms with Gasteiger partial charge in [-0.2, -0.15) is 0 Å². The zero-order valence-corrected chi connectivity index (χ0v) is 13.1. The van der Waals surface area contributed by atoms with Crippen molar-refractivity contribution in [1.82, 2.24) is 4.72 Å². The predicted octanol–water partition coefficient (Wildman–Crippen LogP) is 1.13. The van der Waals surface area contributed by atoms with Crippen LogP contribution < -0.4 is 4.72 Å². The van der Waals surface area contributed by atoms with E-state index < -0.39 is 33.9 Å². The largest absolute Gasteiger partial charge is 0.459 e. The molecule has 116 valence electrons. The third-order valence-corrected chi connectivity index (χ3v) is 3.48. The van der Waals surface area contributed by atoms with Crippen molar-refractivity contribution < 1.29 is 22.7 Å². The number of hydrogen-bond donors (Lipinski definition) is 1. The lowest BCUT2D eigenvalue weighted by Gasteiger charge is -2.19. The maximum Gasteiger partial charge on any atom is 0.323 e. The molecule has 0 heterocycles. The van der Waals surface area contributed by atoms with E-state index in [9.17, 15) is 18.0 Å². The number of benzene rings is 1. The predicted molar refractivity (Wildman–Crippen MR) is 78.4 cm³/mol. The van der Waals surface area contributed by atoms with Crippen molar-refractivity contribution in [3.63, 3.8) is 0 Å². The van der Waals surface area contributed by atoms with E-state index in [1.807, 2.05) is 0 Å². The van der Waals surface area contributed by atoms with Gasteiger partial charge in [0.15, 0.2) is 11.5 Å². The lowest BCUT2D eigenvalue weighted by atomic mass is 10.1. The van der Waals surface area contributed by atoms with Crippen molar-refractivity contribution in [3.05, 3.63) is 35.9 Å². The highest BCUT2D eigenvalue weighted by molar-refractivity contribution is 7.90. The van der Waals surface area contributed by atoms with Crippen molar-refractivity contribution in [2.24, 2.45) is 0 Å². The summed E-state index contributed by atoms with van der Waals surface area (Å²) in [7, 11) is -3.90. The molecule has 0 bridgehead atoms. The molecule has 0 aliphatic rings. The van der Waals surface area contributed by atoms with Gasteiger partial charge in [0.1, 0.15) is 5.60 Å². The Balaban J connectivity index is 2.54. The third-order valence-electron chi connectivity index (χ3n) is 2.28. The van der Waals surface area contributed by atoms with Gasteiger partial charge < -0.3 is 4.74 Å². The molecule has 0 spiro atoms. The van der Waals surface area contributed by atoms with Gasteiger partial charge in [-0.15, -0.1) is 0 Å². The van der Waals surface area contributed by atoms with Gasteiger partial charge in [-0.25, -0.2) is 13.1 Å². The molecule has 7 heteroatoms. The Kier molecular flexibility index (Phi) is 5.62. The smallest absolute Gasteiger partial charge is 0.323 e. The summed E-state index contributed by atoms with van der Waals surface area (Å²) in [5.41, 5.74) is -0.357. The standard InChI is InChI=1S/C14H19NO5S/c1-14(2,3)20-13(17)10-21(18,19)15-9-12(16)11-7-5-4-6-8-11/h4-8,15H,9-10H2,1-3H3. The molecule has 0 fully saturated rings. The Hall–Kier alpha value is -1.73. The summed E-state index contributed by atoms with van der Waals surface area (Å²) in [5, 5.41) is 0. The number of carbonyl (C=O) groups excluding carboxylic acids is 2. The van der Waals surface area contributed by atoms with Gasteiger partial charge in [0, 0.05) is 5.56 Å². The fourth-order valence-electron chi connectivity index (χ4n) is 1.48. The average Bonchev–Trinajstić information content (AvgIpc) is 2.34. The fourth-order valence-corrected chi connectivity index (χ4v) is 2.30. The van der Waals surface area contributed by atoms with E-state index in [0.29, 0.717) is 5.56 Å². The van der Waals surface area contributed by atoms with Crippen molar-refractivity contribution in [1.29, 1.82) is 0 Å². The first-order valence-corrected chi connectivity index (χ1v) is 8.02. The lowest BCUT2D eigenvalue weighted by Crippen LogP contribution is -2.36. The van der Waals surface area contributed by atoms with Crippen LogP contribution in [-0.4, -0.2) is 38.1 Å². The fraction of sp³-hybridized carbons (Fsp3) is 0.429. The minimum absolute atomic E-state index is 0.372. The van der Waals surface area contributed by atoms with Gasteiger partial charge in [0.2, 0.25) is 10.0 Å². The van der Waals surface area contributed by atoms with E-state index in [0.717, 1.165) is 0 Å². The normalized spacial score (nSPS) is 12.0. The van der Waals surface area contributed by atoms with E-state index in [2.05, 4.69) is 4.72 Å². The van der Waals surface area contributed by atoms with Gasteiger partial charge in [0.25, 0.3) is 0 Å². The zero-order valence-electron chi connectivity index (χ0n) is 12.3. The number of ketones is 1. The number of rotatable bonds is 6. The van der Waals surface area contributed by atoms with Crippen LogP contribution >= 0.6 is 0 Å². The number of hydrogen-bond acceptors (Lipinski definition) is 5. The Morgan fingerprint density at radius 1 is 1.14 bits per heavy atom. The highest BCUT2D eigenvalue weighted by atomic mass is 32.2. The maximum atomic E-state index is 11.8. The Bertz CT molecular complexity index is 602. The van der Waals surface area contributed by atoms with E-state index >= 15 is 0 Å². The van der Waals surface area contributed by atoms with Crippen LogP contribution in [0.25, 0.3) is 0 Å². The van der Waals surface area contributed by atoms with Crippen LogP contribution in [0.2, 0.25) is 0 Å². The number of nitrogens with one attached hydrogen (secondary N) is 1. The van der Waals surface area contributed by atoms with E-state index in [1.54, 1.807) is 51.1 Å². The minimum Gasteiger partial charge on any atom is -0.459 e. The molecule has 21 heavy (non-hydrogen) atoms. The molecule has 0 amide bonds. The molecular formula is C14H19NO5S. The van der Waals surface area contributed by atoms with Crippen LogP contribution in [0.15, 0.2) is 30.3 Å². The summed E-state index contributed by atoms with van der Waals surface area (Å²) < 4.78 is 30.4. The summed E-state index contributed by atoms with van der Waals surface area (Å²) in [6.45, 7) is 4.53. The second-order valence-electron chi connectivity index (χ2n) is 5.46. The van der Waals surface area contributed by atoms with Crippen molar-refractivity contribution in [2.75, 3.05) is 12.3 Å². The SMILES string of the molecule is CC(C)(C)OC(=O)CS(=O)(=O)NCC(=O)c1ccccc1. The number of sulfonamides is 1.